The lowest BCUT2D eigenvalue weighted by atomic mass is 10.00. The molecule has 0 saturated heterocycles. The molecule has 0 atom stereocenters. The fourth-order valence-electron chi connectivity index (χ4n) is 3.36. The number of aromatic nitrogens is 3. The van der Waals surface area contributed by atoms with E-state index < -0.39 is 0 Å². The topological polar surface area (TPSA) is 131 Å². The number of rotatable bonds is 7. The molecule has 178 valence electrons. The number of benzene rings is 2. The second kappa shape index (κ2) is 11.3. The minimum Gasteiger partial charge on any atom is -0.495 e. The van der Waals surface area contributed by atoms with Crippen molar-refractivity contribution in [3.05, 3.63) is 72.7 Å². The molecular formula is C26H27N7O2. The summed E-state index contributed by atoms with van der Waals surface area (Å²) >= 11 is 0. The van der Waals surface area contributed by atoms with Gasteiger partial charge in [0.25, 0.3) is 0 Å². The molecule has 2 aromatic carbocycles. The van der Waals surface area contributed by atoms with Crippen LogP contribution in [0.4, 0.5) is 17.2 Å². The van der Waals surface area contributed by atoms with Gasteiger partial charge in [-0.2, -0.15) is 10.4 Å². The molecule has 0 saturated carbocycles. The van der Waals surface area contributed by atoms with Gasteiger partial charge in [-0.3, -0.25) is 9.48 Å². The number of carbonyl (C=O) groups excluding carboxylic acids is 1. The maximum atomic E-state index is 11.2. The van der Waals surface area contributed by atoms with Crippen LogP contribution in [-0.2, 0) is 7.05 Å². The summed E-state index contributed by atoms with van der Waals surface area (Å²) in [6.07, 6.45) is 6.02. The van der Waals surface area contributed by atoms with Gasteiger partial charge in [-0.1, -0.05) is 24.8 Å². The number of carbonyl (C=O) groups is 1. The Labute approximate surface area is 203 Å². The number of methoxy groups -OCH3 is 1. The predicted octanol–water partition coefficient (Wildman–Crippen LogP) is 4.26. The number of nitriles is 1. The minimum atomic E-state index is 0.202. The van der Waals surface area contributed by atoms with Gasteiger partial charge in [0.1, 0.15) is 11.6 Å². The smallest absolute Gasteiger partial charge is 0.153 e. The second-order valence-electron chi connectivity index (χ2n) is 7.62. The summed E-state index contributed by atoms with van der Waals surface area (Å²) < 4.78 is 7.22. The molecule has 0 aliphatic rings. The zero-order chi connectivity index (χ0) is 25.4. The second-order valence-corrected chi connectivity index (χ2v) is 7.62. The molecule has 35 heavy (non-hydrogen) atoms. The Kier molecular flexibility index (Phi) is 8.03. The summed E-state index contributed by atoms with van der Waals surface area (Å²) in [7, 11) is 5.35. The first-order valence-corrected chi connectivity index (χ1v) is 10.7. The summed E-state index contributed by atoms with van der Waals surface area (Å²) in [6, 6.07) is 13.5. The average Bonchev–Trinajstić information content (AvgIpc) is 3.32. The van der Waals surface area contributed by atoms with Gasteiger partial charge in [-0.25, -0.2) is 4.98 Å². The number of fused-ring (bicyclic) bond motifs is 1. The molecule has 4 aromatic rings. The monoisotopic (exact) mass is 469 g/mol. The van der Waals surface area contributed by atoms with Crippen molar-refractivity contribution in [3.63, 3.8) is 0 Å². The Morgan fingerprint density at radius 2 is 2.03 bits per heavy atom. The predicted molar refractivity (Wildman–Crippen MR) is 140 cm³/mol. The van der Waals surface area contributed by atoms with Crippen molar-refractivity contribution in [2.75, 3.05) is 37.1 Å². The van der Waals surface area contributed by atoms with Gasteiger partial charge in [0.05, 0.1) is 36.3 Å². The van der Waals surface area contributed by atoms with Crippen molar-refractivity contribution in [1.29, 1.82) is 5.26 Å². The molecular weight excluding hydrogens is 442 g/mol. The number of ether oxygens (including phenoxy) is 1. The Hall–Kier alpha value is -4.84. The van der Waals surface area contributed by atoms with Crippen LogP contribution < -0.4 is 21.1 Å². The summed E-state index contributed by atoms with van der Waals surface area (Å²) in [4.78, 5) is 15.2. The van der Waals surface area contributed by atoms with E-state index in [1.54, 1.807) is 30.3 Å². The largest absolute Gasteiger partial charge is 0.495 e. The van der Waals surface area contributed by atoms with E-state index in [0.29, 0.717) is 29.7 Å². The molecule has 2 aromatic heterocycles. The lowest BCUT2D eigenvalue weighted by Crippen LogP contribution is -2.05. The third kappa shape index (κ3) is 5.94. The van der Waals surface area contributed by atoms with E-state index in [0.717, 1.165) is 33.3 Å². The zero-order valence-electron chi connectivity index (χ0n) is 19.9. The average molecular weight is 470 g/mol. The third-order valence-electron chi connectivity index (χ3n) is 5.24. The molecule has 0 fully saturated rings. The number of anilines is 3. The van der Waals surface area contributed by atoms with Crippen LogP contribution in [0.15, 0.2) is 67.1 Å². The number of nitrogens with two attached hydrogens (primary N) is 1. The zero-order valence-corrected chi connectivity index (χ0v) is 19.9. The first-order valence-electron chi connectivity index (χ1n) is 10.7. The van der Waals surface area contributed by atoms with Gasteiger partial charge in [0.2, 0.25) is 0 Å². The summed E-state index contributed by atoms with van der Waals surface area (Å²) in [5, 5.41) is 21.0. The molecule has 0 unspecified atom stereocenters. The van der Waals surface area contributed by atoms with E-state index >= 15 is 0 Å². The first-order chi connectivity index (χ1) is 16.9. The molecule has 0 aliphatic heterocycles. The molecule has 0 bridgehead atoms. The van der Waals surface area contributed by atoms with E-state index in [-0.39, 0.29) is 5.82 Å². The molecule has 0 amide bonds. The number of hydrogen-bond donors (Lipinski definition) is 3. The molecule has 4 rings (SSSR count). The maximum Gasteiger partial charge on any atom is 0.153 e. The molecule has 9 heteroatoms. The standard InChI is InChI=1S/C21H18N4O2.C5H9N3/c1-13(9-22)10-24-20-18-8-15(4-3-14(18)5-6-19(20)27-2)16-7-17(12-26)21(23)25-11-16;1-6-5-3-7-8(2)4-5/h3-8,11-12,24H,1,10H2,2H3,(H2,23,25);3-4,6H,1-2H3. The van der Waals surface area contributed by atoms with Crippen LogP contribution in [0.25, 0.3) is 21.9 Å². The SMILES string of the molecule is C=C(C#N)CNc1c(OC)ccc2ccc(-c3cnc(N)c(C=O)c3)cc12.CNc1cnn(C)c1. The van der Waals surface area contributed by atoms with Crippen LogP contribution in [0.5, 0.6) is 5.75 Å². The number of nitrogens with one attached hydrogen (secondary N) is 2. The molecule has 0 radical (unpaired) electrons. The van der Waals surface area contributed by atoms with Crippen molar-refractivity contribution in [2.24, 2.45) is 7.05 Å². The highest BCUT2D eigenvalue weighted by atomic mass is 16.5. The van der Waals surface area contributed by atoms with E-state index in [4.69, 9.17) is 15.7 Å². The normalized spacial score (nSPS) is 10.0. The highest BCUT2D eigenvalue weighted by Crippen LogP contribution is 2.36. The highest BCUT2D eigenvalue weighted by Gasteiger charge is 2.11. The highest BCUT2D eigenvalue weighted by molar-refractivity contribution is 5.99. The van der Waals surface area contributed by atoms with Gasteiger partial charge in [-0.15, -0.1) is 0 Å². The summed E-state index contributed by atoms with van der Waals surface area (Å²) in [5.41, 5.74) is 9.96. The Bertz CT molecular complexity index is 1400. The van der Waals surface area contributed by atoms with Gasteiger partial charge < -0.3 is 21.1 Å². The molecule has 0 aliphatic carbocycles. The number of aryl methyl sites for hydroxylation is 1. The van der Waals surface area contributed by atoms with E-state index in [2.05, 4.69) is 27.3 Å². The third-order valence-corrected chi connectivity index (χ3v) is 5.24. The summed E-state index contributed by atoms with van der Waals surface area (Å²) in [6.45, 7) is 4.01. The van der Waals surface area contributed by atoms with Crippen LogP contribution in [0.2, 0.25) is 0 Å². The van der Waals surface area contributed by atoms with Gasteiger partial charge >= 0.3 is 0 Å². The quantitative estimate of drug-likeness (QED) is 0.270. The Morgan fingerprint density at radius 3 is 2.63 bits per heavy atom. The Balaban J connectivity index is 0.000000363. The summed E-state index contributed by atoms with van der Waals surface area (Å²) in [5.74, 6) is 0.864. The lowest BCUT2D eigenvalue weighted by Gasteiger charge is -2.15. The van der Waals surface area contributed by atoms with E-state index in [1.807, 2.05) is 56.7 Å². The van der Waals surface area contributed by atoms with Crippen LogP contribution in [0.1, 0.15) is 10.4 Å². The van der Waals surface area contributed by atoms with Crippen molar-refractivity contribution < 1.29 is 9.53 Å². The van der Waals surface area contributed by atoms with Gasteiger partial charge in [-0.05, 0) is 29.1 Å². The van der Waals surface area contributed by atoms with Gasteiger partial charge in [0, 0.05) is 49.6 Å². The van der Waals surface area contributed by atoms with Crippen LogP contribution in [0.3, 0.4) is 0 Å². The van der Waals surface area contributed by atoms with Crippen molar-refractivity contribution >= 4 is 34.3 Å². The number of aldehydes is 1. The molecule has 4 N–H and O–H groups in total. The van der Waals surface area contributed by atoms with E-state index in [1.165, 1.54) is 0 Å². The first kappa shape index (κ1) is 24.8. The van der Waals surface area contributed by atoms with Crippen molar-refractivity contribution in [1.82, 2.24) is 14.8 Å². The fourth-order valence-corrected chi connectivity index (χ4v) is 3.36. The number of nitrogens with zero attached hydrogens (tertiary/aromatic N) is 4. The van der Waals surface area contributed by atoms with Crippen LogP contribution >= 0.6 is 0 Å². The Morgan fingerprint density at radius 1 is 1.26 bits per heavy atom. The van der Waals surface area contributed by atoms with Crippen molar-refractivity contribution in [2.45, 2.75) is 0 Å². The van der Waals surface area contributed by atoms with Crippen LogP contribution in [0, 0.1) is 11.3 Å². The molecule has 2 heterocycles. The van der Waals surface area contributed by atoms with Gasteiger partial charge in [0.15, 0.2) is 6.29 Å². The lowest BCUT2D eigenvalue weighted by molar-refractivity contribution is 0.112. The number of hydrogen-bond acceptors (Lipinski definition) is 8. The maximum absolute atomic E-state index is 11.2. The van der Waals surface area contributed by atoms with E-state index in [9.17, 15) is 4.79 Å². The fraction of sp³-hybridized carbons (Fsp3) is 0.154. The van der Waals surface area contributed by atoms with Crippen molar-refractivity contribution in [3.8, 4) is 22.9 Å². The molecule has 0 spiro atoms. The van der Waals surface area contributed by atoms with Crippen LogP contribution in [-0.4, -0.2) is 41.8 Å². The number of nitrogen functional groups attached to an aromatic ring is 1. The minimum absolute atomic E-state index is 0.202. The molecule has 9 nitrogen and oxygen atoms in total. The number of pyridine rings is 1.